The average molecular weight is 151 g/mol. The predicted octanol–water partition coefficient (Wildman–Crippen LogP) is -0.276. The Bertz CT molecular complexity index is 153. The van der Waals surface area contributed by atoms with Gasteiger partial charge >= 0.3 is 7.91 Å². The third-order valence-electron chi connectivity index (χ3n) is 0.201. The molecule has 0 aliphatic rings. The molecule has 5 nitrogen and oxygen atoms in total. The molecule has 0 heterocycles. The number of carbonyl (C=O) groups excluding carboxylic acids is 1. The molecule has 1 amide bonds. The highest BCUT2D eigenvalue weighted by Gasteiger charge is 1.69. The van der Waals surface area contributed by atoms with Gasteiger partial charge in [-0.25, -0.2) is 9.13 Å². The van der Waals surface area contributed by atoms with Crippen molar-refractivity contribution in [3.8, 4) is 0 Å². The van der Waals surface area contributed by atoms with Gasteiger partial charge in [0.05, 0.1) is 0 Å². The molecule has 0 aromatic heterocycles. The second-order valence-electron chi connectivity index (χ2n) is 0.844. The minimum absolute atomic E-state index is 0.481. The van der Waals surface area contributed by atoms with Crippen LogP contribution in [0.5, 0.6) is 0 Å². The Labute approximate surface area is 52.1 Å². The Morgan fingerprint density at radius 3 is 1.78 bits per heavy atom. The first-order chi connectivity index (χ1) is 4.00. The number of amides is 1. The normalized spacial score (nSPS) is 6.33. The predicted molar refractivity (Wildman–Crippen MR) is 29.9 cm³/mol. The molecule has 0 rings (SSSR count). The zero-order chi connectivity index (χ0) is 7.86. The molecule has 0 aromatic rings. The van der Waals surface area contributed by atoms with E-state index in [-0.39, 0.29) is 0 Å². The fourth-order valence-corrected chi connectivity index (χ4v) is 0. The van der Waals surface area contributed by atoms with Crippen molar-refractivity contribution in [2.24, 2.45) is 5.73 Å². The summed E-state index contributed by atoms with van der Waals surface area (Å²) in [5.74, 6) is -0.481. The average Bonchev–Trinajstić information content (AvgIpc) is 1.65. The first-order valence-corrected chi connectivity index (χ1v) is 2.89. The van der Waals surface area contributed by atoms with Gasteiger partial charge in [0.1, 0.15) is 0 Å². The molecule has 0 aliphatic heterocycles. The quantitative estimate of drug-likeness (QED) is 0.398. The van der Waals surface area contributed by atoms with E-state index in [0.29, 0.717) is 0 Å². The van der Waals surface area contributed by atoms with Gasteiger partial charge in [0.25, 0.3) is 0 Å². The Balaban J connectivity index is 0. The number of hydrogen-bond acceptors (Lipinski definition) is 3. The number of rotatable bonds is 1. The van der Waals surface area contributed by atoms with Crippen LogP contribution in [-0.4, -0.2) is 10.8 Å². The van der Waals surface area contributed by atoms with Crippen molar-refractivity contribution >= 4 is 13.8 Å². The lowest BCUT2D eigenvalue weighted by atomic mass is 10.6. The molecule has 0 atom stereocenters. The third-order valence-corrected chi connectivity index (χ3v) is 0.201. The van der Waals surface area contributed by atoms with Gasteiger partial charge in [0.2, 0.25) is 5.91 Å². The molecule has 3 N–H and O–H groups in total. The van der Waals surface area contributed by atoms with Gasteiger partial charge < -0.3 is 5.73 Å². The van der Waals surface area contributed by atoms with E-state index in [1.165, 1.54) is 0 Å². The lowest BCUT2D eigenvalue weighted by Crippen LogP contribution is -2.04. The molecule has 0 bridgehead atoms. The van der Waals surface area contributed by atoms with Crippen LogP contribution in [0.3, 0.4) is 0 Å². The van der Waals surface area contributed by atoms with Crippen molar-refractivity contribution in [3.63, 3.8) is 0 Å². The summed E-state index contributed by atoms with van der Waals surface area (Å²) in [7, 11) is -3.12. The van der Waals surface area contributed by atoms with Gasteiger partial charge in [-0.2, -0.15) is 0 Å². The molecule has 0 aromatic carbocycles. The molecule has 0 saturated heterocycles. The summed E-state index contributed by atoms with van der Waals surface area (Å²) in [5.41, 5.74) is 4.53. The van der Waals surface area contributed by atoms with E-state index < -0.39 is 13.8 Å². The molecular weight excluding hydrogens is 145 g/mol. The number of primary amides is 1. The summed E-state index contributed by atoms with van der Waals surface area (Å²) in [6.45, 7) is 3.09. The standard InChI is InChI=1S/C3H5NO.HO3P/c1-2-3(4)5;1-4(2)3/h2H,1H2,(H2,4,5);(H,1,2,3). The highest BCUT2D eigenvalue weighted by Crippen LogP contribution is 1.84. The second kappa shape index (κ2) is 7.07. The van der Waals surface area contributed by atoms with E-state index in [4.69, 9.17) is 14.0 Å². The molecule has 0 saturated carbocycles. The summed E-state index contributed by atoms with van der Waals surface area (Å²) in [5, 5.41) is 0. The van der Waals surface area contributed by atoms with Crippen LogP contribution in [0.4, 0.5) is 0 Å². The maximum absolute atomic E-state index is 9.47. The summed E-state index contributed by atoms with van der Waals surface area (Å²) >= 11 is 0. The fourth-order valence-electron chi connectivity index (χ4n) is 0. The van der Waals surface area contributed by atoms with Crippen molar-refractivity contribution < 1.29 is 18.8 Å². The third kappa shape index (κ3) is 159. The minimum atomic E-state index is -3.12. The van der Waals surface area contributed by atoms with E-state index in [1.54, 1.807) is 0 Å². The van der Waals surface area contributed by atoms with Crippen LogP contribution in [0.1, 0.15) is 0 Å². The van der Waals surface area contributed by atoms with Crippen LogP contribution in [0.25, 0.3) is 0 Å². The second-order valence-corrected chi connectivity index (χ2v) is 1.32. The van der Waals surface area contributed by atoms with Crippen molar-refractivity contribution in [2.45, 2.75) is 0 Å². The van der Waals surface area contributed by atoms with E-state index in [1.807, 2.05) is 0 Å². The SMILES string of the molecule is C=CC(N)=O.O=P(=O)O. The maximum atomic E-state index is 9.47. The fraction of sp³-hybridized carbons (Fsp3) is 0. The summed E-state index contributed by atoms with van der Waals surface area (Å²) in [6.07, 6.45) is 1.06. The lowest BCUT2D eigenvalue weighted by molar-refractivity contribution is -0.113. The Hall–Kier alpha value is -0.930. The molecule has 0 spiro atoms. The van der Waals surface area contributed by atoms with Gasteiger partial charge in [0.15, 0.2) is 0 Å². The highest BCUT2D eigenvalue weighted by atomic mass is 31.1. The zero-order valence-corrected chi connectivity index (χ0v) is 5.38. The Kier molecular flexibility index (Phi) is 8.60. The molecule has 9 heavy (non-hydrogen) atoms. The van der Waals surface area contributed by atoms with E-state index in [0.717, 1.165) is 6.08 Å². The van der Waals surface area contributed by atoms with Gasteiger partial charge in [-0.1, -0.05) is 6.58 Å². The van der Waals surface area contributed by atoms with Crippen molar-refractivity contribution in [2.75, 3.05) is 0 Å². The first-order valence-electron chi connectivity index (χ1n) is 1.75. The van der Waals surface area contributed by atoms with Gasteiger partial charge in [0, 0.05) is 0 Å². The van der Waals surface area contributed by atoms with Gasteiger partial charge in [-0.15, -0.1) is 0 Å². The number of nitrogens with two attached hydrogens (primary N) is 1. The Morgan fingerprint density at radius 2 is 1.78 bits per heavy atom. The van der Waals surface area contributed by atoms with E-state index >= 15 is 0 Å². The molecule has 0 radical (unpaired) electrons. The largest absolute Gasteiger partial charge is 0.465 e. The van der Waals surface area contributed by atoms with Crippen LogP contribution >= 0.6 is 7.91 Å². The van der Waals surface area contributed by atoms with E-state index in [2.05, 4.69) is 12.3 Å². The van der Waals surface area contributed by atoms with Crippen molar-refractivity contribution in [3.05, 3.63) is 12.7 Å². The molecule has 0 aliphatic carbocycles. The number of hydrogen-bond donors (Lipinski definition) is 2. The molecule has 52 valence electrons. The van der Waals surface area contributed by atoms with Crippen LogP contribution in [0.15, 0.2) is 12.7 Å². The van der Waals surface area contributed by atoms with Crippen LogP contribution in [-0.2, 0) is 13.9 Å². The molecule has 6 heteroatoms. The first kappa shape index (κ1) is 10.9. The van der Waals surface area contributed by atoms with Gasteiger partial charge in [-0.3, -0.25) is 9.69 Å². The minimum Gasteiger partial charge on any atom is -0.366 e. The molecule has 0 fully saturated rings. The highest BCUT2D eigenvalue weighted by molar-refractivity contribution is 7.23. The smallest absolute Gasteiger partial charge is 0.366 e. The zero-order valence-electron chi connectivity index (χ0n) is 4.48. The maximum Gasteiger partial charge on any atom is 0.465 e. The lowest BCUT2D eigenvalue weighted by Gasteiger charge is -1.65. The monoisotopic (exact) mass is 151 g/mol. The Morgan fingerprint density at radius 1 is 1.67 bits per heavy atom. The van der Waals surface area contributed by atoms with Crippen molar-refractivity contribution in [1.29, 1.82) is 0 Å². The number of carbonyl (C=O) groups is 1. The van der Waals surface area contributed by atoms with Crippen molar-refractivity contribution in [1.82, 2.24) is 0 Å². The van der Waals surface area contributed by atoms with Crippen LogP contribution < -0.4 is 5.73 Å². The van der Waals surface area contributed by atoms with Gasteiger partial charge in [-0.05, 0) is 6.08 Å². The van der Waals surface area contributed by atoms with Crippen LogP contribution in [0.2, 0.25) is 0 Å². The topological polar surface area (TPSA) is 97.5 Å². The van der Waals surface area contributed by atoms with E-state index in [9.17, 15) is 4.79 Å². The summed E-state index contributed by atoms with van der Waals surface area (Å²) in [4.78, 5) is 16.5. The summed E-state index contributed by atoms with van der Waals surface area (Å²) < 4.78 is 17.2. The summed E-state index contributed by atoms with van der Waals surface area (Å²) in [6, 6.07) is 0. The van der Waals surface area contributed by atoms with Crippen LogP contribution in [0, 0.1) is 0 Å². The molecule has 0 unspecified atom stereocenters. The molecular formula is C3H6NO4P.